The summed E-state index contributed by atoms with van der Waals surface area (Å²) in [5.41, 5.74) is 5.45. The van der Waals surface area contributed by atoms with E-state index < -0.39 is 17.7 Å². The van der Waals surface area contributed by atoms with Crippen LogP contribution in [0.25, 0.3) is 0 Å². The zero-order valence-electron chi connectivity index (χ0n) is 12.1. The van der Waals surface area contributed by atoms with Gasteiger partial charge in [-0.05, 0) is 19.1 Å². The predicted molar refractivity (Wildman–Crippen MR) is 77.7 cm³/mol. The van der Waals surface area contributed by atoms with Gasteiger partial charge in [0, 0.05) is 5.70 Å². The van der Waals surface area contributed by atoms with Crippen LogP contribution in [-0.2, 0) is 9.59 Å². The summed E-state index contributed by atoms with van der Waals surface area (Å²) in [5, 5.41) is 2.48. The van der Waals surface area contributed by atoms with E-state index in [9.17, 15) is 9.59 Å². The van der Waals surface area contributed by atoms with Gasteiger partial charge in [-0.2, -0.15) is 0 Å². The first-order valence-corrected chi connectivity index (χ1v) is 6.08. The molecule has 0 spiro atoms. The maximum Gasteiger partial charge on any atom is 0.236 e. The fourth-order valence-electron chi connectivity index (χ4n) is 0.667. The van der Waals surface area contributed by atoms with Crippen LogP contribution < -0.4 is 11.1 Å². The monoisotopic (exact) mass is 254 g/mol. The first kappa shape index (κ1) is 21.4. The van der Waals surface area contributed by atoms with Crippen LogP contribution in [0, 0.1) is 5.92 Å². The van der Waals surface area contributed by atoms with E-state index in [1.54, 1.807) is 6.08 Å². The van der Waals surface area contributed by atoms with Gasteiger partial charge in [-0.1, -0.05) is 46.9 Å². The molecule has 0 aromatic heterocycles. The van der Waals surface area contributed by atoms with Crippen molar-refractivity contribution in [3.63, 3.8) is 0 Å². The molecule has 0 saturated carbocycles. The molecule has 2 amide bonds. The minimum atomic E-state index is -0.858. The van der Waals surface area contributed by atoms with Gasteiger partial charge in [-0.3, -0.25) is 9.59 Å². The summed E-state index contributed by atoms with van der Waals surface area (Å²) in [7, 11) is 0. The first-order chi connectivity index (χ1) is 8.52. The number of carbonyl (C=O) groups excluding carboxylic acids is 2. The zero-order valence-corrected chi connectivity index (χ0v) is 12.1. The van der Waals surface area contributed by atoms with Crippen molar-refractivity contribution < 1.29 is 9.59 Å². The van der Waals surface area contributed by atoms with Gasteiger partial charge in [-0.15, -0.1) is 0 Å². The molecular weight excluding hydrogens is 228 g/mol. The largest absolute Gasteiger partial charge is 0.369 e. The first-order valence-electron chi connectivity index (χ1n) is 6.08. The van der Waals surface area contributed by atoms with E-state index in [4.69, 9.17) is 5.73 Å². The van der Waals surface area contributed by atoms with Crippen LogP contribution in [0.5, 0.6) is 0 Å². The van der Waals surface area contributed by atoms with Gasteiger partial charge >= 0.3 is 0 Å². The number of hydrogen-bond donors (Lipinski definition) is 2. The molecule has 0 bridgehead atoms. The van der Waals surface area contributed by atoms with Crippen molar-refractivity contribution in [3.8, 4) is 0 Å². The summed E-state index contributed by atoms with van der Waals surface area (Å²) in [6, 6.07) is 0. The van der Waals surface area contributed by atoms with E-state index in [2.05, 4.69) is 18.5 Å². The molecule has 0 heterocycles. The molecule has 1 atom stereocenters. The van der Waals surface area contributed by atoms with Gasteiger partial charge in [0.05, 0.1) is 0 Å². The fourth-order valence-corrected chi connectivity index (χ4v) is 0.667. The molecule has 0 fully saturated rings. The Morgan fingerprint density at radius 2 is 1.61 bits per heavy atom. The van der Waals surface area contributed by atoms with Gasteiger partial charge in [0.2, 0.25) is 11.8 Å². The Morgan fingerprint density at radius 1 is 1.17 bits per heavy atom. The highest BCUT2D eigenvalue weighted by molar-refractivity contribution is 5.99. The van der Waals surface area contributed by atoms with E-state index >= 15 is 0 Å². The third-order valence-corrected chi connectivity index (χ3v) is 1.60. The highest BCUT2D eigenvalue weighted by atomic mass is 16.2. The molecule has 0 aliphatic carbocycles. The summed E-state index contributed by atoms with van der Waals surface area (Å²) in [5.74, 6) is -1.97. The Kier molecular flexibility index (Phi) is 18.1. The average Bonchev–Trinajstić information content (AvgIpc) is 2.41. The fraction of sp³-hybridized carbons (Fsp3) is 0.429. The quantitative estimate of drug-likeness (QED) is 0.584. The maximum absolute atomic E-state index is 11.3. The zero-order chi connectivity index (χ0) is 15.1. The van der Waals surface area contributed by atoms with Crippen LogP contribution >= 0.6 is 0 Å². The number of nitrogens with one attached hydrogen (secondary N) is 1. The number of primary amides is 1. The Labute approximate surface area is 111 Å². The summed E-state index contributed by atoms with van der Waals surface area (Å²) < 4.78 is 0. The lowest BCUT2D eigenvalue weighted by Crippen LogP contribution is -2.36. The minimum absolute atomic E-state index is 0.453. The Bertz CT molecular complexity index is 294. The maximum atomic E-state index is 11.3. The molecule has 0 aromatic rings. The molecule has 0 rings (SSSR count). The van der Waals surface area contributed by atoms with Gasteiger partial charge in [0.15, 0.2) is 0 Å². The SMILES string of the molecule is C=C/C=C(\C=C)NC(=O)C(C)C(N)=O.CC.CC. The molecule has 1 unspecified atom stereocenters. The van der Waals surface area contributed by atoms with Crippen LogP contribution in [0.2, 0.25) is 0 Å². The smallest absolute Gasteiger partial charge is 0.236 e. The van der Waals surface area contributed by atoms with Crippen molar-refractivity contribution in [2.75, 3.05) is 0 Å². The summed E-state index contributed by atoms with van der Waals surface area (Å²) in [6.07, 6.45) is 4.53. The molecule has 4 nitrogen and oxygen atoms in total. The standard InChI is InChI=1S/C10H14N2O2.2C2H6/c1-4-6-8(5-2)12-10(14)7(3)9(11)13;2*1-2/h4-7H,1-2H2,3H3,(H2,11,13)(H,12,14);2*1-2H3/b8-6+;;. The normalized spacial score (nSPS) is 10.6. The van der Waals surface area contributed by atoms with Gasteiger partial charge in [0.1, 0.15) is 5.92 Å². The van der Waals surface area contributed by atoms with Crippen LogP contribution in [-0.4, -0.2) is 11.8 Å². The third kappa shape index (κ3) is 10.7. The van der Waals surface area contributed by atoms with E-state index in [1.165, 1.54) is 19.1 Å². The Balaban J connectivity index is -0.000000506. The Hall–Kier alpha value is -1.84. The predicted octanol–water partition coefficient (Wildman–Crippen LogP) is 2.53. The van der Waals surface area contributed by atoms with Crippen LogP contribution in [0.15, 0.2) is 37.1 Å². The van der Waals surface area contributed by atoms with Gasteiger partial charge < -0.3 is 11.1 Å². The second-order valence-electron chi connectivity index (χ2n) is 2.68. The van der Waals surface area contributed by atoms with Gasteiger partial charge in [-0.25, -0.2) is 0 Å². The van der Waals surface area contributed by atoms with Crippen molar-refractivity contribution >= 4 is 11.8 Å². The van der Waals surface area contributed by atoms with Crippen LogP contribution in [0.3, 0.4) is 0 Å². The number of allylic oxidation sites excluding steroid dienone is 3. The lowest BCUT2D eigenvalue weighted by molar-refractivity contribution is -0.132. The highest BCUT2D eigenvalue weighted by Gasteiger charge is 2.18. The van der Waals surface area contributed by atoms with Crippen LogP contribution in [0.4, 0.5) is 0 Å². The molecule has 0 aliphatic rings. The summed E-state index contributed by atoms with van der Waals surface area (Å²) >= 11 is 0. The van der Waals surface area contributed by atoms with Crippen molar-refractivity contribution in [1.82, 2.24) is 5.32 Å². The second kappa shape index (κ2) is 15.2. The molecule has 104 valence electrons. The number of nitrogens with two attached hydrogens (primary N) is 1. The highest BCUT2D eigenvalue weighted by Crippen LogP contribution is 1.97. The molecule has 0 aliphatic heterocycles. The van der Waals surface area contributed by atoms with Gasteiger partial charge in [0.25, 0.3) is 0 Å². The third-order valence-electron chi connectivity index (χ3n) is 1.60. The van der Waals surface area contributed by atoms with E-state index in [1.807, 2.05) is 27.7 Å². The van der Waals surface area contributed by atoms with Crippen LogP contribution in [0.1, 0.15) is 34.6 Å². The molecule has 0 radical (unpaired) electrons. The van der Waals surface area contributed by atoms with E-state index in [0.717, 1.165) is 0 Å². The summed E-state index contributed by atoms with van der Waals surface area (Å²) in [4.78, 5) is 22.0. The number of carbonyl (C=O) groups is 2. The number of hydrogen-bond acceptors (Lipinski definition) is 2. The lowest BCUT2D eigenvalue weighted by Gasteiger charge is -2.08. The summed E-state index contributed by atoms with van der Waals surface area (Å²) in [6.45, 7) is 16.4. The van der Waals surface area contributed by atoms with E-state index in [0.29, 0.717) is 5.70 Å². The minimum Gasteiger partial charge on any atom is -0.369 e. The molecule has 0 aromatic carbocycles. The average molecular weight is 254 g/mol. The molecule has 18 heavy (non-hydrogen) atoms. The van der Waals surface area contributed by atoms with Crippen molar-refractivity contribution in [1.29, 1.82) is 0 Å². The van der Waals surface area contributed by atoms with Crippen molar-refractivity contribution in [3.05, 3.63) is 37.1 Å². The number of rotatable bonds is 5. The van der Waals surface area contributed by atoms with E-state index in [-0.39, 0.29) is 0 Å². The van der Waals surface area contributed by atoms with Crippen molar-refractivity contribution in [2.24, 2.45) is 11.7 Å². The molecular formula is C14H26N2O2. The number of amides is 2. The molecule has 3 N–H and O–H groups in total. The lowest BCUT2D eigenvalue weighted by atomic mass is 10.1. The molecule has 0 saturated heterocycles. The molecule has 4 heteroatoms. The topological polar surface area (TPSA) is 72.2 Å². The Morgan fingerprint density at radius 3 is 1.89 bits per heavy atom. The van der Waals surface area contributed by atoms with Crippen molar-refractivity contribution in [2.45, 2.75) is 34.6 Å². The second-order valence-corrected chi connectivity index (χ2v) is 2.68.